The molecule has 21 heavy (non-hydrogen) atoms. The van der Waals surface area contributed by atoms with Gasteiger partial charge in [0.1, 0.15) is 12.4 Å². The fourth-order valence-corrected chi connectivity index (χ4v) is 2.44. The Bertz CT molecular complexity index is 712. The first-order valence-electron chi connectivity index (χ1n) is 6.82. The molecule has 0 spiro atoms. The summed E-state index contributed by atoms with van der Waals surface area (Å²) >= 11 is 0. The van der Waals surface area contributed by atoms with Crippen molar-refractivity contribution in [3.05, 3.63) is 70.8 Å². The van der Waals surface area contributed by atoms with E-state index in [1.165, 1.54) is 12.7 Å². The second-order valence-corrected chi connectivity index (χ2v) is 5.00. The molecule has 3 heteroatoms. The van der Waals surface area contributed by atoms with Gasteiger partial charge in [-0.3, -0.25) is 0 Å². The molecule has 3 nitrogen and oxygen atoms in total. The third-order valence-electron chi connectivity index (χ3n) is 3.58. The molecule has 0 bridgehead atoms. The molecule has 0 radical (unpaired) electrons. The molecule has 0 saturated carbocycles. The zero-order chi connectivity index (χ0) is 14.8. The first-order valence-corrected chi connectivity index (χ1v) is 6.82. The van der Waals surface area contributed by atoms with Crippen molar-refractivity contribution >= 4 is 11.5 Å². The maximum atomic E-state index is 11.7. The van der Waals surface area contributed by atoms with Crippen LogP contribution < -0.4 is 4.74 Å². The van der Waals surface area contributed by atoms with Gasteiger partial charge in [0.2, 0.25) is 0 Å². The van der Waals surface area contributed by atoms with Gasteiger partial charge in [-0.25, -0.2) is 4.79 Å². The molecule has 0 saturated heterocycles. The summed E-state index contributed by atoms with van der Waals surface area (Å²) in [5.74, 6) is 0.451. The second kappa shape index (κ2) is 5.44. The highest BCUT2D eigenvalue weighted by Crippen LogP contribution is 2.35. The van der Waals surface area contributed by atoms with Crippen LogP contribution in [0.25, 0.3) is 5.57 Å². The number of benzene rings is 2. The summed E-state index contributed by atoms with van der Waals surface area (Å²) in [6, 6.07) is 13.7. The van der Waals surface area contributed by atoms with Crippen molar-refractivity contribution in [2.45, 2.75) is 6.92 Å². The summed E-state index contributed by atoms with van der Waals surface area (Å²) in [6.45, 7) is 2.60. The van der Waals surface area contributed by atoms with Crippen LogP contribution in [0.5, 0.6) is 5.75 Å². The molecule has 1 aliphatic heterocycles. The van der Waals surface area contributed by atoms with E-state index in [2.05, 4.69) is 31.2 Å². The van der Waals surface area contributed by atoms with Crippen LogP contribution in [0, 0.1) is 6.92 Å². The quantitative estimate of drug-likeness (QED) is 0.788. The molecular formula is C18H16O3. The molecule has 2 aromatic carbocycles. The molecule has 1 heterocycles. The third-order valence-corrected chi connectivity index (χ3v) is 3.58. The zero-order valence-electron chi connectivity index (χ0n) is 12.1. The van der Waals surface area contributed by atoms with Crippen molar-refractivity contribution < 1.29 is 14.3 Å². The minimum atomic E-state index is -0.341. The van der Waals surface area contributed by atoms with E-state index in [1.807, 2.05) is 18.2 Å². The fraction of sp³-hybridized carbons (Fsp3) is 0.167. The Balaban J connectivity index is 2.08. The minimum absolute atomic E-state index is 0.341. The summed E-state index contributed by atoms with van der Waals surface area (Å²) < 4.78 is 10.4. The van der Waals surface area contributed by atoms with Gasteiger partial charge >= 0.3 is 5.97 Å². The van der Waals surface area contributed by atoms with E-state index in [9.17, 15) is 4.79 Å². The van der Waals surface area contributed by atoms with Crippen LogP contribution in [0.15, 0.2) is 48.5 Å². The van der Waals surface area contributed by atoms with E-state index in [-0.39, 0.29) is 5.97 Å². The number of ether oxygens (including phenoxy) is 2. The highest BCUT2D eigenvalue weighted by Gasteiger charge is 2.18. The molecular weight excluding hydrogens is 264 g/mol. The van der Waals surface area contributed by atoms with Crippen molar-refractivity contribution in [1.29, 1.82) is 0 Å². The molecule has 106 valence electrons. The van der Waals surface area contributed by atoms with Crippen LogP contribution in [-0.4, -0.2) is 19.7 Å². The predicted molar refractivity (Wildman–Crippen MR) is 81.5 cm³/mol. The van der Waals surface area contributed by atoms with E-state index in [0.717, 1.165) is 22.4 Å². The molecule has 0 atom stereocenters. The lowest BCUT2D eigenvalue weighted by Gasteiger charge is -2.19. The average Bonchev–Trinajstić information content (AvgIpc) is 2.54. The zero-order valence-corrected chi connectivity index (χ0v) is 12.1. The lowest BCUT2D eigenvalue weighted by molar-refractivity contribution is 0.0600. The number of methoxy groups -OCH3 is 1. The standard InChI is InChI=1S/C18H16O3/c1-12-3-5-13(6-4-12)15-9-10-21-17-8-7-14(11-16(15)17)18(19)20-2/h3-9,11H,10H2,1-2H3. The largest absolute Gasteiger partial charge is 0.489 e. The van der Waals surface area contributed by atoms with Crippen LogP contribution in [-0.2, 0) is 4.74 Å². The Morgan fingerprint density at radius 1 is 1.14 bits per heavy atom. The average molecular weight is 280 g/mol. The minimum Gasteiger partial charge on any atom is -0.489 e. The van der Waals surface area contributed by atoms with Gasteiger partial charge in [0, 0.05) is 5.56 Å². The maximum absolute atomic E-state index is 11.7. The summed E-state index contributed by atoms with van der Waals surface area (Å²) in [6.07, 6.45) is 2.04. The van der Waals surface area contributed by atoms with Crippen molar-refractivity contribution in [3.8, 4) is 5.75 Å². The molecule has 0 fully saturated rings. The third kappa shape index (κ3) is 2.55. The molecule has 0 N–H and O–H groups in total. The molecule has 2 aromatic rings. The predicted octanol–water partition coefficient (Wildman–Crippen LogP) is 3.61. The molecule has 0 aromatic heterocycles. The number of hydrogen-bond acceptors (Lipinski definition) is 3. The maximum Gasteiger partial charge on any atom is 0.337 e. The van der Waals surface area contributed by atoms with Crippen molar-refractivity contribution in [2.24, 2.45) is 0 Å². The van der Waals surface area contributed by atoms with Gasteiger partial charge in [-0.15, -0.1) is 0 Å². The summed E-state index contributed by atoms with van der Waals surface area (Å²) in [7, 11) is 1.38. The van der Waals surface area contributed by atoms with Gasteiger partial charge in [0.05, 0.1) is 12.7 Å². The number of fused-ring (bicyclic) bond motifs is 1. The van der Waals surface area contributed by atoms with E-state index in [1.54, 1.807) is 6.07 Å². The molecule has 0 unspecified atom stereocenters. The Labute approximate surface area is 123 Å². The van der Waals surface area contributed by atoms with Gasteiger partial charge in [0.15, 0.2) is 0 Å². The topological polar surface area (TPSA) is 35.5 Å². The number of carbonyl (C=O) groups is 1. The Morgan fingerprint density at radius 2 is 1.90 bits per heavy atom. The van der Waals surface area contributed by atoms with Crippen LogP contribution in [0.4, 0.5) is 0 Å². The Morgan fingerprint density at radius 3 is 2.62 bits per heavy atom. The van der Waals surface area contributed by atoms with Crippen molar-refractivity contribution in [2.75, 3.05) is 13.7 Å². The van der Waals surface area contributed by atoms with Crippen LogP contribution >= 0.6 is 0 Å². The Hall–Kier alpha value is -2.55. The lowest BCUT2D eigenvalue weighted by Crippen LogP contribution is -2.08. The van der Waals surface area contributed by atoms with Crippen LogP contribution in [0.2, 0.25) is 0 Å². The van der Waals surface area contributed by atoms with Gasteiger partial charge in [-0.2, -0.15) is 0 Å². The van der Waals surface area contributed by atoms with Crippen molar-refractivity contribution in [3.63, 3.8) is 0 Å². The highest BCUT2D eigenvalue weighted by atomic mass is 16.5. The van der Waals surface area contributed by atoms with E-state index in [4.69, 9.17) is 9.47 Å². The normalized spacial score (nSPS) is 13.0. The smallest absolute Gasteiger partial charge is 0.337 e. The second-order valence-electron chi connectivity index (χ2n) is 5.00. The van der Waals surface area contributed by atoms with Gasteiger partial charge in [-0.1, -0.05) is 29.8 Å². The first-order chi connectivity index (χ1) is 10.2. The SMILES string of the molecule is COC(=O)c1ccc2c(c1)C(c1ccc(C)cc1)=CCO2. The molecule has 0 amide bonds. The summed E-state index contributed by atoms with van der Waals surface area (Å²) in [5, 5.41) is 0. The Kier molecular flexibility index (Phi) is 3.48. The van der Waals surface area contributed by atoms with Crippen LogP contribution in [0.1, 0.15) is 27.0 Å². The molecule has 1 aliphatic rings. The van der Waals surface area contributed by atoms with Crippen LogP contribution in [0.3, 0.4) is 0 Å². The van der Waals surface area contributed by atoms with Gasteiger partial charge < -0.3 is 9.47 Å². The fourth-order valence-electron chi connectivity index (χ4n) is 2.44. The lowest BCUT2D eigenvalue weighted by atomic mass is 9.93. The van der Waals surface area contributed by atoms with E-state index < -0.39 is 0 Å². The summed E-state index contributed by atoms with van der Waals surface area (Å²) in [5.41, 5.74) is 4.87. The van der Waals surface area contributed by atoms with Crippen molar-refractivity contribution in [1.82, 2.24) is 0 Å². The van der Waals surface area contributed by atoms with Gasteiger partial charge in [0.25, 0.3) is 0 Å². The molecule has 3 rings (SSSR count). The number of carbonyl (C=O) groups excluding carboxylic acids is 1. The van der Waals surface area contributed by atoms with E-state index >= 15 is 0 Å². The highest BCUT2D eigenvalue weighted by molar-refractivity contribution is 5.93. The van der Waals surface area contributed by atoms with E-state index in [0.29, 0.717) is 12.2 Å². The first kappa shape index (κ1) is 13.4. The summed E-state index contributed by atoms with van der Waals surface area (Å²) in [4.78, 5) is 11.7. The van der Waals surface area contributed by atoms with Gasteiger partial charge in [-0.05, 0) is 42.3 Å². The molecule has 0 aliphatic carbocycles. The number of esters is 1. The number of rotatable bonds is 2. The monoisotopic (exact) mass is 280 g/mol. The number of aryl methyl sites for hydroxylation is 1. The number of hydrogen-bond donors (Lipinski definition) is 0.